The molecular formula is C21H22ClN3O2S. The predicted octanol–water partition coefficient (Wildman–Crippen LogP) is 4.99. The normalized spacial score (nSPS) is 12.0. The summed E-state index contributed by atoms with van der Waals surface area (Å²) >= 11 is 7.73. The van der Waals surface area contributed by atoms with E-state index in [0.29, 0.717) is 27.8 Å². The van der Waals surface area contributed by atoms with Gasteiger partial charge in [-0.15, -0.1) is 11.8 Å². The first-order valence-electron chi connectivity index (χ1n) is 8.99. The van der Waals surface area contributed by atoms with Crippen molar-refractivity contribution in [3.8, 4) is 0 Å². The lowest BCUT2D eigenvalue weighted by molar-refractivity contribution is 0.0936. The van der Waals surface area contributed by atoms with E-state index in [2.05, 4.69) is 15.5 Å². The fourth-order valence-electron chi connectivity index (χ4n) is 2.87. The maximum Gasteiger partial charge on any atom is 0.254 e. The van der Waals surface area contributed by atoms with Gasteiger partial charge in [0.05, 0.1) is 11.3 Å². The highest BCUT2D eigenvalue weighted by molar-refractivity contribution is 7.98. The van der Waals surface area contributed by atoms with Gasteiger partial charge in [0, 0.05) is 28.6 Å². The highest BCUT2D eigenvalue weighted by Gasteiger charge is 2.17. The number of carbonyl (C=O) groups is 1. The molecule has 1 atom stereocenters. The van der Waals surface area contributed by atoms with E-state index in [1.54, 1.807) is 18.3 Å². The Labute approximate surface area is 173 Å². The van der Waals surface area contributed by atoms with Gasteiger partial charge in [0.2, 0.25) is 0 Å². The lowest BCUT2D eigenvalue weighted by atomic mass is 10.1. The highest BCUT2D eigenvalue weighted by Crippen LogP contribution is 2.27. The molecule has 0 aliphatic rings. The van der Waals surface area contributed by atoms with Crippen LogP contribution in [0.4, 0.5) is 0 Å². The number of pyridine rings is 1. The quantitative estimate of drug-likeness (QED) is 0.550. The van der Waals surface area contributed by atoms with E-state index in [1.807, 2.05) is 45.0 Å². The summed E-state index contributed by atoms with van der Waals surface area (Å²) in [5.41, 5.74) is 3.47. The minimum Gasteiger partial charge on any atom is -0.361 e. The molecular weight excluding hydrogens is 394 g/mol. The zero-order valence-electron chi connectivity index (χ0n) is 16.0. The average molecular weight is 416 g/mol. The van der Waals surface area contributed by atoms with E-state index in [4.69, 9.17) is 16.1 Å². The number of aromatic nitrogens is 2. The number of hydrogen-bond donors (Lipinski definition) is 1. The SMILES string of the molecule is Cc1noc(C)c1CSc1ncccc1C(=O)N[C@@H](C)Cc1ccccc1Cl. The van der Waals surface area contributed by atoms with Gasteiger partial charge < -0.3 is 9.84 Å². The van der Waals surface area contributed by atoms with Crippen molar-refractivity contribution in [1.82, 2.24) is 15.5 Å². The fourth-order valence-corrected chi connectivity index (χ4v) is 4.23. The Balaban J connectivity index is 1.67. The summed E-state index contributed by atoms with van der Waals surface area (Å²) in [6, 6.07) is 11.2. The monoisotopic (exact) mass is 415 g/mol. The number of hydrogen-bond acceptors (Lipinski definition) is 5. The molecule has 3 aromatic rings. The number of thioether (sulfide) groups is 1. The van der Waals surface area contributed by atoms with Gasteiger partial charge in [-0.25, -0.2) is 4.98 Å². The molecule has 0 fully saturated rings. The number of carbonyl (C=O) groups excluding carboxylic acids is 1. The molecule has 5 nitrogen and oxygen atoms in total. The number of halogens is 1. The zero-order valence-corrected chi connectivity index (χ0v) is 17.6. The predicted molar refractivity (Wildman–Crippen MR) is 112 cm³/mol. The lowest BCUT2D eigenvalue weighted by Crippen LogP contribution is -2.34. The lowest BCUT2D eigenvalue weighted by Gasteiger charge is -2.16. The van der Waals surface area contributed by atoms with Gasteiger partial charge in [-0.3, -0.25) is 4.79 Å². The van der Waals surface area contributed by atoms with Gasteiger partial charge >= 0.3 is 0 Å². The number of amides is 1. The van der Waals surface area contributed by atoms with Crippen LogP contribution in [0.3, 0.4) is 0 Å². The zero-order chi connectivity index (χ0) is 20.1. The van der Waals surface area contributed by atoms with Gasteiger partial charge in [-0.2, -0.15) is 0 Å². The first kappa shape index (κ1) is 20.4. The minimum absolute atomic E-state index is 0.0620. The van der Waals surface area contributed by atoms with Gasteiger partial charge in [0.1, 0.15) is 10.8 Å². The number of aryl methyl sites for hydroxylation is 2. The molecule has 1 aromatic carbocycles. The van der Waals surface area contributed by atoms with E-state index < -0.39 is 0 Å². The molecule has 146 valence electrons. The van der Waals surface area contributed by atoms with Crippen molar-refractivity contribution in [2.24, 2.45) is 0 Å². The fraction of sp³-hybridized carbons (Fsp3) is 0.286. The van der Waals surface area contributed by atoms with Crippen molar-refractivity contribution >= 4 is 29.3 Å². The van der Waals surface area contributed by atoms with Gasteiger partial charge in [-0.05, 0) is 51.0 Å². The van der Waals surface area contributed by atoms with Crippen molar-refractivity contribution in [1.29, 1.82) is 0 Å². The molecule has 0 unspecified atom stereocenters. The van der Waals surface area contributed by atoms with E-state index in [1.165, 1.54) is 11.8 Å². The molecule has 2 aromatic heterocycles. The summed E-state index contributed by atoms with van der Waals surface area (Å²) in [7, 11) is 0. The first-order chi connectivity index (χ1) is 13.5. The van der Waals surface area contributed by atoms with Crippen LogP contribution in [0.25, 0.3) is 0 Å². The minimum atomic E-state index is -0.145. The maximum atomic E-state index is 12.8. The van der Waals surface area contributed by atoms with Crippen LogP contribution in [-0.2, 0) is 12.2 Å². The highest BCUT2D eigenvalue weighted by atomic mass is 35.5. The van der Waals surface area contributed by atoms with Crippen LogP contribution in [0.1, 0.15) is 39.9 Å². The van der Waals surface area contributed by atoms with Gasteiger partial charge in [0.15, 0.2) is 0 Å². The Morgan fingerprint density at radius 2 is 2.04 bits per heavy atom. The Kier molecular flexibility index (Phi) is 6.75. The summed E-state index contributed by atoms with van der Waals surface area (Å²) < 4.78 is 5.21. The number of benzene rings is 1. The molecule has 2 heterocycles. The number of rotatable bonds is 7. The number of nitrogens with zero attached hydrogens (tertiary/aromatic N) is 2. The van der Waals surface area contributed by atoms with Gasteiger partial charge in [-0.1, -0.05) is 35.0 Å². The van der Waals surface area contributed by atoms with Crippen LogP contribution in [0.2, 0.25) is 5.02 Å². The summed E-state index contributed by atoms with van der Waals surface area (Å²) in [4.78, 5) is 17.2. The molecule has 1 amide bonds. The largest absolute Gasteiger partial charge is 0.361 e. The Morgan fingerprint density at radius 1 is 1.25 bits per heavy atom. The van der Waals surface area contributed by atoms with E-state index in [9.17, 15) is 4.79 Å². The van der Waals surface area contributed by atoms with Crippen LogP contribution in [0.15, 0.2) is 52.1 Å². The van der Waals surface area contributed by atoms with Crippen LogP contribution < -0.4 is 5.32 Å². The molecule has 0 saturated carbocycles. The molecule has 28 heavy (non-hydrogen) atoms. The third-order valence-corrected chi connectivity index (χ3v) is 5.81. The molecule has 0 bridgehead atoms. The van der Waals surface area contributed by atoms with E-state index >= 15 is 0 Å². The average Bonchev–Trinajstić information content (AvgIpc) is 3.00. The van der Waals surface area contributed by atoms with Crippen molar-refractivity contribution < 1.29 is 9.32 Å². The Hall–Kier alpha value is -2.31. The van der Waals surface area contributed by atoms with Crippen molar-refractivity contribution in [2.45, 2.75) is 44.0 Å². The summed E-state index contributed by atoms with van der Waals surface area (Å²) in [5, 5.41) is 8.41. The standard InChI is InChI=1S/C21H22ClN3O2S/c1-13(11-16-7-4-5-9-19(16)22)24-20(26)17-8-6-10-23-21(17)28-12-18-14(2)25-27-15(18)3/h4-10,13H,11-12H2,1-3H3,(H,24,26)/t13-/m0/s1. The molecule has 0 spiro atoms. The Bertz CT molecular complexity index is 954. The second-order valence-electron chi connectivity index (χ2n) is 6.62. The van der Waals surface area contributed by atoms with Gasteiger partial charge in [0.25, 0.3) is 5.91 Å². The second kappa shape index (κ2) is 9.26. The van der Waals surface area contributed by atoms with Crippen molar-refractivity contribution in [2.75, 3.05) is 0 Å². The summed E-state index contributed by atoms with van der Waals surface area (Å²) in [6.45, 7) is 5.77. The van der Waals surface area contributed by atoms with Crippen LogP contribution in [-0.4, -0.2) is 22.1 Å². The topological polar surface area (TPSA) is 68.0 Å². The Morgan fingerprint density at radius 3 is 2.75 bits per heavy atom. The maximum absolute atomic E-state index is 12.8. The summed E-state index contributed by atoms with van der Waals surface area (Å²) in [5.74, 6) is 1.29. The van der Waals surface area contributed by atoms with E-state index in [0.717, 1.165) is 22.6 Å². The molecule has 0 aliphatic heterocycles. The summed E-state index contributed by atoms with van der Waals surface area (Å²) in [6.07, 6.45) is 2.35. The van der Waals surface area contributed by atoms with Crippen LogP contribution in [0, 0.1) is 13.8 Å². The molecule has 1 N–H and O–H groups in total. The third-order valence-electron chi connectivity index (χ3n) is 4.41. The third kappa shape index (κ3) is 4.94. The first-order valence-corrected chi connectivity index (χ1v) is 10.4. The van der Waals surface area contributed by atoms with Crippen LogP contribution >= 0.6 is 23.4 Å². The molecule has 0 saturated heterocycles. The molecule has 0 aliphatic carbocycles. The second-order valence-corrected chi connectivity index (χ2v) is 7.99. The van der Waals surface area contributed by atoms with Crippen LogP contribution in [0.5, 0.6) is 0 Å². The number of nitrogens with one attached hydrogen (secondary N) is 1. The van der Waals surface area contributed by atoms with Crippen molar-refractivity contribution in [3.05, 3.63) is 75.8 Å². The molecule has 3 rings (SSSR count). The smallest absolute Gasteiger partial charge is 0.254 e. The van der Waals surface area contributed by atoms with E-state index in [-0.39, 0.29) is 11.9 Å². The molecule has 7 heteroatoms. The van der Waals surface area contributed by atoms with Crippen molar-refractivity contribution in [3.63, 3.8) is 0 Å². The molecule has 0 radical (unpaired) electrons.